The van der Waals surface area contributed by atoms with Gasteiger partial charge < -0.3 is 15.0 Å². The minimum absolute atomic E-state index is 0. The second kappa shape index (κ2) is 8.28. The molecule has 2 aromatic rings. The molecular formula is C14H17Cl3N4O2. The average molecular weight is 380 g/mol. The van der Waals surface area contributed by atoms with Crippen LogP contribution in [0.4, 0.5) is 0 Å². The fourth-order valence-corrected chi connectivity index (χ4v) is 2.70. The average Bonchev–Trinajstić information content (AvgIpc) is 2.98. The van der Waals surface area contributed by atoms with Crippen molar-refractivity contribution in [1.29, 1.82) is 0 Å². The number of ether oxygens (including phenoxy) is 1. The Bertz CT molecular complexity index is 653. The number of hydrogen-bond donors (Lipinski definition) is 1. The molecule has 9 heteroatoms. The number of hydrogen-bond acceptors (Lipinski definition) is 6. The summed E-state index contributed by atoms with van der Waals surface area (Å²) < 4.78 is 10.8. The van der Waals surface area contributed by atoms with Gasteiger partial charge >= 0.3 is 0 Å². The van der Waals surface area contributed by atoms with E-state index in [0.717, 1.165) is 18.7 Å². The van der Waals surface area contributed by atoms with Crippen molar-refractivity contribution in [2.24, 2.45) is 5.73 Å². The zero-order valence-electron chi connectivity index (χ0n) is 12.2. The van der Waals surface area contributed by atoms with E-state index in [0.29, 0.717) is 34.9 Å². The molecule has 1 aromatic heterocycles. The molecule has 1 saturated heterocycles. The zero-order valence-corrected chi connectivity index (χ0v) is 14.6. The number of halogens is 3. The summed E-state index contributed by atoms with van der Waals surface area (Å²) in [6.07, 6.45) is -0.0515. The topological polar surface area (TPSA) is 77.4 Å². The Hall–Kier alpha value is -0.890. The number of aromatic nitrogens is 2. The largest absolute Gasteiger partial charge is 0.371 e. The van der Waals surface area contributed by atoms with Gasteiger partial charge in [-0.05, 0) is 17.7 Å². The lowest BCUT2D eigenvalue weighted by atomic mass is 10.1. The third-order valence-electron chi connectivity index (χ3n) is 3.52. The lowest BCUT2D eigenvalue weighted by molar-refractivity contribution is -0.0338. The van der Waals surface area contributed by atoms with Crippen LogP contribution in [0.15, 0.2) is 22.7 Å². The first-order valence-corrected chi connectivity index (χ1v) is 7.71. The first kappa shape index (κ1) is 18.4. The molecule has 6 nitrogen and oxygen atoms in total. The van der Waals surface area contributed by atoms with E-state index in [1.165, 1.54) is 0 Å². The SMILES string of the molecule is Cl.NCc1nc(CN2CCOC(c3ccc(Cl)c(Cl)c3)C2)no1. The Balaban J connectivity index is 0.00000192. The zero-order chi connectivity index (χ0) is 15.5. The van der Waals surface area contributed by atoms with Gasteiger partial charge in [0.1, 0.15) is 0 Å². The second-order valence-electron chi connectivity index (χ2n) is 5.08. The maximum absolute atomic E-state index is 6.07. The molecule has 2 heterocycles. The van der Waals surface area contributed by atoms with Gasteiger partial charge in [-0.15, -0.1) is 12.4 Å². The predicted octanol–water partition coefficient (Wildman–Crippen LogP) is 2.83. The van der Waals surface area contributed by atoms with Gasteiger partial charge in [0.15, 0.2) is 5.82 Å². The third-order valence-corrected chi connectivity index (χ3v) is 4.25. The van der Waals surface area contributed by atoms with Crippen molar-refractivity contribution in [3.05, 3.63) is 45.5 Å². The van der Waals surface area contributed by atoms with Crippen LogP contribution < -0.4 is 5.73 Å². The van der Waals surface area contributed by atoms with Crippen LogP contribution in [0.5, 0.6) is 0 Å². The van der Waals surface area contributed by atoms with E-state index in [-0.39, 0.29) is 25.1 Å². The van der Waals surface area contributed by atoms with E-state index in [4.69, 9.17) is 38.2 Å². The molecular weight excluding hydrogens is 363 g/mol. The highest BCUT2D eigenvalue weighted by molar-refractivity contribution is 6.42. The van der Waals surface area contributed by atoms with Crippen LogP contribution in [0.2, 0.25) is 10.0 Å². The van der Waals surface area contributed by atoms with Gasteiger partial charge in [0.25, 0.3) is 0 Å². The molecule has 0 bridgehead atoms. The van der Waals surface area contributed by atoms with Crippen LogP contribution in [-0.4, -0.2) is 34.7 Å². The van der Waals surface area contributed by atoms with E-state index in [1.54, 1.807) is 6.07 Å². The molecule has 1 atom stereocenters. The molecule has 1 aromatic carbocycles. The van der Waals surface area contributed by atoms with E-state index in [9.17, 15) is 0 Å². The predicted molar refractivity (Wildman–Crippen MR) is 89.9 cm³/mol. The molecule has 0 saturated carbocycles. The maximum atomic E-state index is 6.07. The number of nitrogens with two attached hydrogens (primary N) is 1. The van der Waals surface area contributed by atoms with Gasteiger partial charge in [0.2, 0.25) is 5.89 Å². The summed E-state index contributed by atoms with van der Waals surface area (Å²) in [5.41, 5.74) is 6.48. The van der Waals surface area contributed by atoms with Crippen molar-refractivity contribution in [3.63, 3.8) is 0 Å². The molecule has 0 aliphatic carbocycles. The van der Waals surface area contributed by atoms with Crippen molar-refractivity contribution >= 4 is 35.6 Å². The normalized spacial score (nSPS) is 18.7. The van der Waals surface area contributed by atoms with E-state index in [2.05, 4.69) is 15.0 Å². The Labute approximate surface area is 150 Å². The summed E-state index contributed by atoms with van der Waals surface area (Å²) in [6, 6.07) is 5.57. The summed E-state index contributed by atoms with van der Waals surface area (Å²) >= 11 is 12.0. The number of nitrogens with zero attached hydrogens (tertiary/aromatic N) is 3. The van der Waals surface area contributed by atoms with Crippen molar-refractivity contribution < 1.29 is 9.26 Å². The summed E-state index contributed by atoms with van der Waals surface area (Å²) in [7, 11) is 0. The smallest absolute Gasteiger partial charge is 0.240 e. The molecule has 126 valence electrons. The van der Waals surface area contributed by atoms with Gasteiger partial charge in [-0.25, -0.2) is 0 Å². The fourth-order valence-electron chi connectivity index (χ4n) is 2.40. The highest BCUT2D eigenvalue weighted by Crippen LogP contribution is 2.29. The highest BCUT2D eigenvalue weighted by Gasteiger charge is 2.23. The summed E-state index contributed by atoms with van der Waals surface area (Å²) in [4.78, 5) is 6.43. The summed E-state index contributed by atoms with van der Waals surface area (Å²) in [5.74, 6) is 1.08. The van der Waals surface area contributed by atoms with Crippen LogP contribution in [0, 0.1) is 0 Å². The molecule has 3 rings (SSSR count). The Morgan fingerprint density at radius 2 is 2.13 bits per heavy atom. The number of rotatable bonds is 4. The van der Waals surface area contributed by atoms with Gasteiger partial charge in [-0.2, -0.15) is 4.98 Å². The van der Waals surface area contributed by atoms with Crippen LogP contribution in [0.1, 0.15) is 23.4 Å². The molecule has 0 amide bonds. The fraction of sp³-hybridized carbons (Fsp3) is 0.429. The Morgan fingerprint density at radius 1 is 1.30 bits per heavy atom. The van der Waals surface area contributed by atoms with Crippen molar-refractivity contribution in [2.75, 3.05) is 19.7 Å². The van der Waals surface area contributed by atoms with Gasteiger partial charge in [0, 0.05) is 13.1 Å². The van der Waals surface area contributed by atoms with Crippen LogP contribution in [-0.2, 0) is 17.8 Å². The molecule has 1 aliphatic rings. The Kier molecular flexibility index (Phi) is 6.64. The lowest BCUT2D eigenvalue weighted by Gasteiger charge is -2.32. The molecule has 2 N–H and O–H groups in total. The second-order valence-corrected chi connectivity index (χ2v) is 5.89. The first-order chi connectivity index (χ1) is 10.7. The number of morpholine rings is 1. The van der Waals surface area contributed by atoms with Crippen LogP contribution >= 0.6 is 35.6 Å². The minimum atomic E-state index is -0.0515. The van der Waals surface area contributed by atoms with E-state index in [1.807, 2.05) is 12.1 Å². The Morgan fingerprint density at radius 3 is 2.83 bits per heavy atom. The molecule has 1 fully saturated rings. The van der Waals surface area contributed by atoms with Crippen LogP contribution in [0.25, 0.3) is 0 Å². The molecule has 0 spiro atoms. The van der Waals surface area contributed by atoms with E-state index >= 15 is 0 Å². The maximum Gasteiger partial charge on any atom is 0.240 e. The van der Waals surface area contributed by atoms with E-state index < -0.39 is 0 Å². The van der Waals surface area contributed by atoms with Gasteiger partial charge in [-0.3, -0.25) is 4.90 Å². The van der Waals surface area contributed by atoms with Gasteiger partial charge in [-0.1, -0.05) is 34.4 Å². The summed E-state index contributed by atoms with van der Waals surface area (Å²) in [5, 5.41) is 4.99. The lowest BCUT2D eigenvalue weighted by Crippen LogP contribution is -2.38. The van der Waals surface area contributed by atoms with Crippen LogP contribution in [0.3, 0.4) is 0 Å². The molecule has 0 radical (unpaired) electrons. The third kappa shape index (κ3) is 4.56. The number of benzene rings is 1. The molecule has 1 aliphatic heterocycles. The molecule has 1 unspecified atom stereocenters. The van der Waals surface area contributed by atoms with Crippen molar-refractivity contribution in [2.45, 2.75) is 19.2 Å². The highest BCUT2D eigenvalue weighted by atomic mass is 35.5. The standard InChI is InChI=1S/C14H16Cl2N4O2.ClH/c15-10-2-1-9(5-11(10)16)12-7-20(3-4-21-12)8-13-18-14(6-17)22-19-13;/h1-2,5,12H,3-4,6-8,17H2;1H. The molecule has 23 heavy (non-hydrogen) atoms. The first-order valence-electron chi connectivity index (χ1n) is 6.96. The quantitative estimate of drug-likeness (QED) is 0.880. The van der Waals surface area contributed by atoms with Crippen molar-refractivity contribution in [1.82, 2.24) is 15.0 Å². The van der Waals surface area contributed by atoms with Gasteiger partial charge in [0.05, 0.1) is 35.8 Å². The summed E-state index contributed by atoms with van der Waals surface area (Å²) in [6.45, 7) is 3.02. The van der Waals surface area contributed by atoms with Crippen molar-refractivity contribution in [3.8, 4) is 0 Å². The minimum Gasteiger partial charge on any atom is -0.371 e. The monoisotopic (exact) mass is 378 g/mol.